The summed E-state index contributed by atoms with van der Waals surface area (Å²) < 4.78 is 10.7. The van der Waals surface area contributed by atoms with Crippen LogP contribution in [0.15, 0.2) is 48.5 Å². The van der Waals surface area contributed by atoms with Gasteiger partial charge in [-0.05, 0) is 42.5 Å². The van der Waals surface area contributed by atoms with Crippen LogP contribution in [0.4, 0.5) is 0 Å². The van der Waals surface area contributed by atoms with Gasteiger partial charge in [-0.25, -0.2) is 5.84 Å². The summed E-state index contributed by atoms with van der Waals surface area (Å²) >= 11 is 0. The first-order valence-corrected chi connectivity index (χ1v) is 5.66. The third kappa shape index (κ3) is 3.23. The number of carbonyl (C=O) groups is 1. The van der Waals surface area contributed by atoms with Crippen molar-refractivity contribution in [3.63, 3.8) is 0 Å². The fourth-order valence-corrected chi connectivity index (χ4v) is 1.56. The smallest absolute Gasteiger partial charge is 0.265 e. The minimum Gasteiger partial charge on any atom is -0.497 e. The Labute approximate surface area is 110 Å². The molecule has 0 saturated heterocycles. The Morgan fingerprint density at radius 1 is 1.05 bits per heavy atom. The van der Waals surface area contributed by atoms with Gasteiger partial charge >= 0.3 is 0 Å². The number of benzene rings is 2. The summed E-state index contributed by atoms with van der Waals surface area (Å²) in [5.41, 5.74) is 2.51. The second-order valence-electron chi connectivity index (χ2n) is 3.78. The molecule has 2 rings (SSSR count). The Balaban J connectivity index is 2.16. The number of nitrogens with one attached hydrogen (secondary N) is 1. The van der Waals surface area contributed by atoms with Crippen LogP contribution >= 0.6 is 0 Å². The summed E-state index contributed by atoms with van der Waals surface area (Å²) in [5, 5.41) is 0. The molecule has 0 radical (unpaired) electrons. The molecule has 0 heterocycles. The maximum Gasteiger partial charge on any atom is 0.265 e. The standard InChI is InChI=1S/C14H14N2O3/c1-18-11-5-7-12(8-6-11)19-13-4-2-3-10(9-13)14(17)16-15/h2-9H,15H2,1H3,(H,16,17). The summed E-state index contributed by atoms with van der Waals surface area (Å²) in [5.74, 6) is 6.70. The fourth-order valence-electron chi connectivity index (χ4n) is 1.56. The van der Waals surface area contributed by atoms with Gasteiger partial charge in [0.2, 0.25) is 0 Å². The van der Waals surface area contributed by atoms with Crippen molar-refractivity contribution in [3.05, 3.63) is 54.1 Å². The highest BCUT2D eigenvalue weighted by Crippen LogP contribution is 2.24. The number of methoxy groups -OCH3 is 1. The minimum absolute atomic E-state index is 0.361. The number of rotatable bonds is 4. The number of nitrogens with two attached hydrogens (primary N) is 1. The molecule has 2 aromatic carbocycles. The maximum absolute atomic E-state index is 11.4. The van der Waals surface area contributed by atoms with Crippen LogP contribution in [0.3, 0.4) is 0 Å². The number of carbonyl (C=O) groups excluding carboxylic acids is 1. The molecule has 5 heteroatoms. The SMILES string of the molecule is COc1ccc(Oc2cccc(C(=O)NN)c2)cc1. The number of hydrogen-bond acceptors (Lipinski definition) is 4. The van der Waals surface area contributed by atoms with Crippen LogP contribution < -0.4 is 20.7 Å². The van der Waals surface area contributed by atoms with Crippen LogP contribution in [0.5, 0.6) is 17.2 Å². The molecule has 19 heavy (non-hydrogen) atoms. The van der Waals surface area contributed by atoms with E-state index in [0.717, 1.165) is 5.75 Å². The highest BCUT2D eigenvalue weighted by molar-refractivity contribution is 5.94. The van der Waals surface area contributed by atoms with Crippen molar-refractivity contribution in [2.75, 3.05) is 7.11 Å². The molecule has 1 amide bonds. The lowest BCUT2D eigenvalue weighted by molar-refractivity contribution is 0.0953. The molecular weight excluding hydrogens is 244 g/mol. The topological polar surface area (TPSA) is 73.6 Å². The summed E-state index contributed by atoms with van der Waals surface area (Å²) in [6.45, 7) is 0. The van der Waals surface area contributed by atoms with Crippen LogP contribution in [-0.2, 0) is 0 Å². The van der Waals surface area contributed by atoms with E-state index >= 15 is 0 Å². The van der Waals surface area contributed by atoms with E-state index in [2.05, 4.69) is 5.43 Å². The van der Waals surface area contributed by atoms with E-state index in [4.69, 9.17) is 15.3 Å². The zero-order valence-corrected chi connectivity index (χ0v) is 10.4. The molecule has 2 aromatic rings. The van der Waals surface area contributed by atoms with Gasteiger partial charge in [0.05, 0.1) is 7.11 Å². The van der Waals surface area contributed by atoms with Crippen LogP contribution in [0.1, 0.15) is 10.4 Å². The first kappa shape index (κ1) is 12.9. The molecule has 98 valence electrons. The largest absolute Gasteiger partial charge is 0.497 e. The molecule has 0 spiro atoms. The van der Waals surface area contributed by atoms with Crippen LogP contribution in [0.2, 0.25) is 0 Å². The van der Waals surface area contributed by atoms with Gasteiger partial charge in [0.1, 0.15) is 17.2 Å². The zero-order valence-electron chi connectivity index (χ0n) is 10.4. The second-order valence-corrected chi connectivity index (χ2v) is 3.78. The molecule has 3 N–H and O–H groups in total. The molecule has 0 fully saturated rings. The lowest BCUT2D eigenvalue weighted by atomic mass is 10.2. The molecular formula is C14H14N2O3. The van der Waals surface area contributed by atoms with Gasteiger partial charge < -0.3 is 9.47 Å². The van der Waals surface area contributed by atoms with E-state index in [-0.39, 0.29) is 5.91 Å². The highest BCUT2D eigenvalue weighted by atomic mass is 16.5. The fraction of sp³-hybridized carbons (Fsp3) is 0.0714. The van der Waals surface area contributed by atoms with Gasteiger partial charge in [0.15, 0.2) is 0 Å². The number of ether oxygens (including phenoxy) is 2. The average Bonchev–Trinajstić information content (AvgIpc) is 2.47. The van der Waals surface area contributed by atoms with E-state index in [1.807, 2.05) is 0 Å². The highest BCUT2D eigenvalue weighted by Gasteiger charge is 2.05. The Morgan fingerprint density at radius 3 is 2.37 bits per heavy atom. The molecule has 0 bridgehead atoms. The van der Waals surface area contributed by atoms with Crippen LogP contribution in [0, 0.1) is 0 Å². The average molecular weight is 258 g/mol. The Bertz CT molecular complexity index is 567. The van der Waals surface area contributed by atoms with Gasteiger partial charge in [-0.15, -0.1) is 0 Å². The second kappa shape index (κ2) is 5.88. The number of amides is 1. The molecule has 5 nitrogen and oxygen atoms in total. The van der Waals surface area contributed by atoms with Gasteiger partial charge in [-0.2, -0.15) is 0 Å². The van der Waals surface area contributed by atoms with E-state index in [1.165, 1.54) is 0 Å². The van der Waals surface area contributed by atoms with Gasteiger partial charge in [0, 0.05) is 5.56 Å². The first-order chi connectivity index (χ1) is 9.22. The quantitative estimate of drug-likeness (QED) is 0.500. The van der Waals surface area contributed by atoms with Crippen molar-refractivity contribution in [3.8, 4) is 17.2 Å². The summed E-state index contributed by atoms with van der Waals surface area (Å²) in [4.78, 5) is 11.4. The van der Waals surface area contributed by atoms with Crippen LogP contribution in [0.25, 0.3) is 0 Å². The Hall–Kier alpha value is -2.53. The van der Waals surface area contributed by atoms with Crippen molar-refractivity contribution >= 4 is 5.91 Å². The molecule has 0 atom stereocenters. The van der Waals surface area contributed by atoms with Gasteiger partial charge in [-0.3, -0.25) is 10.2 Å². The normalized spacial score (nSPS) is 9.79. The molecule has 0 aliphatic heterocycles. The van der Waals surface area contributed by atoms with Crippen LogP contribution in [-0.4, -0.2) is 13.0 Å². The zero-order chi connectivity index (χ0) is 13.7. The molecule has 0 aliphatic carbocycles. The van der Waals surface area contributed by atoms with E-state index in [9.17, 15) is 4.79 Å². The summed E-state index contributed by atoms with van der Waals surface area (Å²) in [7, 11) is 1.60. The van der Waals surface area contributed by atoms with Crippen molar-refractivity contribution in [2.45, 2.75) is 0 Å². The maximum atomic E-state index is 11.4. The Morgan fingerprint density at radius 2 is 1.74 bits per heavy atom. The van der Waals surface area contributed by atoms with Gasteiger partial charge in [-0.1, -0.05) is 6.07 Å². The molecule has 0 unspecified atom stereocenters. The first-order valence-electron chi connectivity index (χ1n) is 5.66. The van der Waals surface area contributed by atoms with E-state index in [1.54, 1.807) is 55.6 Å². The third-order valence-electron chi connectivity index (χ3n) is 2.52. The van der Waals surface area contributed by atoms with Crippen molar-refractivity contribution in [2.24, 2.45) is 5.84 Å². The number of hydrogen-bond donors (Lipinski definition) is 2. The minimum atomic E-state index is -0.361. The van der Waals surface area contributed by atoms with Gasteiger partial charge in [0.25, 0.3) is 5.91 Å². The molecule has 0 saturated carbocycles. The summed E-state index contributed by atoms with van der Waals surface area (Å²) in [6.07, 6.45) is 0. The predicted molar refractivity (Wildman–Crippen MR) is 71.2 cm³/mol. The predicted octanol–water partition coefficient (Wildman–Crippen LogP) is 2.09. The summed E-state index contributed by atoms with van der Waals surface area (Å²) in [6, 6.07) is 13.9. The van der Waals surface area contributed by atoms with Crippen molar-refractivity contribution in [1.29, 1.82) is 0 Å². The van der Waals surface area contributed by atoms with E-state index in [0.29, 0.717) is 17.1 Å². The third-order valence-corrected chi connectivity index (χ3v) is 2.52. The lowest BCUT2D eigenvalue weighted by Gasteiger charge is -2.07. The van der Waals surface area contributed by atoms with Crippen molar-refractivity contribution in [1.82, 2.24) is 5.43 Å². The number of hydrazine groups is 1. The Kier molecular flexibility index (Phi) is 4.00. The van der Waals surface area contributed by atoms with E-state index < -0.39 is 0 Å². The molecule has 0 aromatic heterocycles. The lowest BCUT2D eigenvalue weighted by Crippen LogP contribution is -2.29. The molecule has 0 aliphatic rings. The monoisotopic (exact) mass is 258 g/mol. The number of nitrogen functional groups attached to an aromatic ring is 1. The van der Waals surface area contributed by atoms with Crippen molar-refractivity contribution < 1.29 is 14.3 Å².